The summed E-state index contributed by atoms with van der Waals surface area (Å²) in [5, 5.41) is 2.70. The third-order valence-electron chi connectivity index (χ3n) is 6.20. The highest BCUT2D eigenvalue weighted by atomic mass is 32.2. The predicted molar refractivity (Wildman–Crippen MR) is 130 cm³/mol. The van der Waals surface area contributed by atoms with Crippen LogP contribution in [0.25, 0.3) is 0 Å². The Bertz CT molecular complexity index is 1330. The number of sulfonamides is 1. The number of amides is 1. The molecule has 2 heterocycles. The van der Waals surface area contributed by atoms with Gasteiger partial charge in [0.1, 0.15) is 22.2 Å². The second-order valence-corrected chi connectivity index (χ2v) is 10.5. The van der Waals surface area contributed by atoms with Crippen LogP contribution in [0.5, 0.6) is 11.5 Å². The first-order chi connectivity index (χ1) is 17.3. The quantitative estimate of drug-likeness (QED) is 0.526. The number of para-hydroxylation sites is 1. The topological polar surface area (TPSA) is 94.2 Å². The zero-order valence-corrected chi connectivity index (χ0v) is 20.2. The average molecular weight is 513 g/mol. The van der Waals surface area contributed by atoms with E-state index in [1.807, 2.05) is 30.3 Å². The zero-order valence-electron chi connectivity index (χ0n) is 19.4. The Kier molecular flexibility index (Phi) is 6.76. The van der Waals surface area contributed by atoms with Gasteiger partial charge in [-0.15, -0.1) is 0 Å². The number of carbonyl (C=O) groups is 1. The molecule has 0 bridgehead atoms. The molecule has 10 heteroatoms. The molecule has 0 aliphatic carbocycles. The lowest BCUT2D eigenvalue weighted by molar-refractivity contribution is -0.179. The summed E-state index contributed by atoms with van der Waals surface area (Å²) in [5.74, 6) is -0.961. The molecule has 36 heavy (non-hydrogen) atoms. The number of ether oxygens (including phenoxy) is 3. The Morgan fingerprint density at radius 3 is 2.22 bits per heavy atom. The molecule has 0 radical (unpaired) electrons. The van der Waals surface area contributed by atoms with E-state index in [1.54, 1.807) is 24.3 Å². The number of carbonyl (C=O) groups excluding carboxylic acids is 1. The molecule has 1 spiro atoms. The summed E-state index contributed by atoms with van der Waals surface area (Å²) in [5.41, 5.74) is 0.502. The summed E-state index contributed by atoms with van der Waals surface area (Å²) in [6.07, 6.45) is 0.718. The van der Waals surface area contributed by atoms with Crippen molar-refractivity contribution < 1.29 is 31.8 Å². The van der Waals surface area contributed by atoms with Gasteiger partial charge in [-0.2, -0.15) is 4.31 Å². The van der Waals surface area contributed by atoms with E-state index in [4.69, 9.17) is 14.2 Å². The fourth-order valence-corrected chi connectivity index (χ4v) is 5.80. The van der Waals surface area contributed by atoms with Crippen molar-refractivity contribution in [2.45, 2.75) is 23.5 Å². The van der Waals surface area contributed by atoms with Gasteiger partial charge in [-0.3, -0.25) is 4.79 Å². The van der Waals surface area contributed by atoms with Crippen molar-refractivity contribution in [1.29, 1.82) is 0 Å². The van der Waals surface area contributed by atoms with Gasteiger partial charge >= 0.3 is 0 Å². The Balaban J connectivity index is 1.27. The van der Waals surface area contributed by atoms with Gasteiger partial charge < -0.3 is 19.5 Å². The average Bonchev–Trinajstić information content (AvgIpc) is 3.34. The summed E-state index contributed by atoms with van der Waals surface area (Å²) in [7, 11) is -4.15. The molecule has 3 aromatic carbocycles. The van der Waals surface area contributed by atoms with Crippen LogP contribution in [0.15, 0.2) is 77.7 Å². The van der Waals surface area contributed by atoms with Crippen LogP contribution in [0, 0.1) is 5.82 Å². The molecule has 3 aromatic rings. The maximum absolute atomic E-state index is 14.6. The molecular formula is C26H25FN2O6S. The van der Waals surface area contributed by atoms with Crippen molar-refractivity contribution in [3.8, 4) is 11.5 Å². The first-order valence-corrected chi connectivity index (χ1v) is 13.0. The van der Waals surface area contributed by atoms with Crippen molar-refractivity contribution >= 4 is 21.6 Å². The molecule has 1 amide bonds. The molecule has 2 aliphatic heterocycles. The molecule has 0 atom stereocenters. The SMILES string of the molecule is O=C(Nc1ccc(Oc2ccccc2)cc1)c1ccc(F)c(S(=O)(=O)N2CCC3(CC2)OCCO3)c1. The lowest BCUT2D eigenvalue weighted by Crippen LogP contribution is -2.47. The minimum atomic E-state index is -4.15. The standard InChI is InChI=1S/C26H25FN2O6S/c27-23-11-6-19(18-24(23)36(31,32)29-14-12-26(13-15-29)33-16-17-34-26)25(30)28-20-7-9-22(10-8-20)35-21-4-2-1-3-5-21/h1-11,18H,12-17H2,(H,28,30). The molecule has 0 unspecified atom stereocenters. The van der Waals surface area contributed by atoms with Crippen LogP contribution in [0.2, 0.25) is 0 Å². The summed E-state index contributed by atoms with van der Waals surface area (Å²) in [6, 6.07) is 19.3. The highest BCUT2D eigenvalue weighted by Crippen LogP contribution is 2.34. The fraction of sp³-hybridized carbons (Fsp3) is 0.269. The zero-order chi connectivity index (χ0) is 25.2. The monoisotopic (exact) mass is 512 g/mol. The lowest BCUT2D eigenvalue weighted by atomic mass is 10.1. The van der Waals surface area contributed by atoms with Crippen molar-refractivity contribution in [3.63, 3.8) is 0 Å². The maximum atomic E-state index is 14.6. The number of piperidine rings is 1. The maximum Gasteiger partial charge on any atom is 0.255 e. The number of anilines is 1. The van der Waals surface area contributed by atoms with E-state index in [1.165, 1.54) is 10.4 Å². The van der Waals surface area contributed by atoms with Gasteiger partial charge in [0.05, 0.1) is 13.2 Å². The Labute approximate surface area is 208 Å². The highest BCUT2D eigenvalue weighted by molar-refractivity contribution is 7.89. The van der Waals surface area contributed by atoms with E-state index < -0.39 is 32.4 Å². The van der Waals surface area contributed by atoms with Gasteiger partial charge in [-0.1, -0.05) is 18.2 Å². The molecule has 188 valence electrons. The lowest BCUT2D eigenvalue weighted by Gasteiger charge is -2.36. The van der Waals surface area contributed by atoms with Crippen molar-refractivity contribution in [2.24, 2.45) is 0 Å². The molecule has 8 nitrogen and oxygen atoms in total. The number of nitrogens with one attached hydrogen (secondary N) is 1. The Morgan fingerprint density at radius 1 is 0.917 bits per heavy atom. The van der Waals surface area contributed by atoms with Gasteiger partial charge in [0.2, 0.25) is 10.0 Å². The van der Waals surface area contributed by atoms with Crippen LogP contribution in [0.1, 0.15) is 23.2 Å². The molecule has 1 N–H and O–H groups in total. The van der Waals surface area contributed by atoms with Crippen molar-refractivity contribution in [2.75, 3.05) is 31.6 Å². The molecule has 0 saturated carbocycles. The highest BCUT2D eigenvalue weighted by Gasteiger charge is 2.43. The Morgan fingerprint density at radius 2 is 1.56 bits per heavy atom. The number of halogens is 1. The first kappa shape index (κ1) is 24.4. The van der Waals surface area contributed by atoms with E-state index in [0.717, 1.165) is 12.1 Å². The summed E-state index contributed by atoms with van der Waals surface area (Å²) in [6.45, 7) is 1.22. The molecule has 0 aromatic heterocycles. The van der Waals surface area contributed by atoms with Gasteiger partial charge in [0, 0.05) is 37.2 Å². The third-order valence-corrected chi connectivity index (χ3v) is 8.11. The van der Waals surface area contributed by atoms with Crippen LogP contribution in [0.4, 0.5) is 10.1 Å². The van der Waals surface area contributed by atoms with Crippen molar-refractivity contribution in [1.82, 2.24) is 4.31 Å². The van der Waals surface area contributed by atoms with Gasteiger partial charge in [0.15, 0.2) is 5.79 Å². The van der Waals surface area contributed by atoms with Crippen molar-refractivity contribution in [3.05, 3.63) is 84.2 Å². The molecule has 2 aliphatic rings. The molecule has 2 fully saturated rings. The fourth-order valence-electron chi connectivity index (χ4n) is 4.27. The minimum Gasteiger partial charge on any atom is -0.457 e. The normalized spacial score (nSPS) is 17.7. The summed E-state index contributed by atoms with van der Waals surface area (Å²) < 4.78 is 59.2. The van der Waals surface area contributed by atoms with Gasteiger partial charge in [-0.25, -0.2) is 12.8 Å². The summed E-state index contributed by atoms with van der Waals surface area (Å²) >= 11 is 0. The van der Waals surface area contributed by atoms with Crippen LogP contribution >= 0.6 is 0 Å². The Hall–Kier alpha value is -3.31. The molecule has 5 rings (SSSR count). The number of benzene rings is 3. The van der Waals surface area contributed by atoms with Crippen LogP contribution in [0.3, 0.4) is 0 Å². The molecular weight excluding hydrogens is 487 g/mol. The number of hydrogen-bond donors (Lipinski definition) is 1. The number of nitrogens with zero attached hydrogens (tertiary/aromatic N) is 1. The second kappa shape index (κ2) is 9.98. The number of hydrogen-bond acceptors (Lipinski definition) is 6. The van der Waals surface area contributed by atoms with Gasteiger partial charge in [-0.05, 0) is 54.6 Å². The van der Waals surface area contributed by atoms with Crippen LogP contribution in [-0.2, 0) is 19.5 Å². The predicted octanol–water partition coefficient (Wildman–Crippen LogP) is 4.40. The minimum absolute atomic E-state index is 0.0236. The smallest absolute Gasteiger partial charge is 0.255 e. The summed E-state index contributed by atoms with van der Waals surface area (Å²) in [4.78, 5) is 12.3. The first-order valence-electron chi connectivity index (χ1n) is 11.6. The largest absolute Gasteiger partial charge is 0.457 e. The van der Waals surface area contributed by atoms with Crippen LogP contribution < -0.4 is 10.1 Å². The van der Waals surface area contributed by atoms with E-state index in [9.17, 15) is 17.6 Å². The van der Waals surface area contributed by atoms with E-state index in [0.29, 0.717) is 43.2 Å². The number of rotatable bonds is 6. The second-order valence-electron chi connectivity index (χ2n) is 8.55. The van der Waals surface area contributed by atoms with Gasteiger partial charge in [0.25, 0.3) is 5.91 Å². The molecule has 2 saturated heterocycles. The van der Waals surface area contributed by atoms with Crippen LogP contribution in [-0.4, -0.2) is 50.7 Å². The van der Waals surface area contributed by atoms with E-state index in [-0.39, 0.29) is 18.7 Å². The van der Waals surface area contributed by atoms with E-state index >= 15 is 0 Å². The third kappa shape index (κ3) is 5.12. The van der Waals surface area contributed by atoms with E-state index in [2.05, 4.69) is 5.32 Å².